The number of rotatable bonds is 6. The van der Waals surface area contributed by atoms with Crippen LogP contribution >= 0.6 is 11.8 Å². The van der Waals surface area contributed by atoms with E-state index < -0.39 is 0 Å². The normalized spacial score (nSPS) is 13.9. The SMILES string of the molecule is O=C(CSc1nncn1-c1ccccc1)NCC(=O)N1CCCC1. The fourth-order valence-corrected chi connectivity index (χ4v) is 3.28. The Morgan fingerprint density at radius 3 is 2.67 bits per heavy atom. The summed E-state index contributed by atoms with van der Waals surface area (Å²) in [6, 6.07) is 9.69. The van der Waals surface area contributed by atoms with E-state index in [0.29, 0.717) is 5.16 Å². The van der Waals surface area contributed by atoms with Crippen LogP contribution in [0.1, 0.15) is 12.8 Å². The highest BCUT2D eigenvalue weighted by molar-refractivity contribution is 7.99. The molecular formula is C16H19N5O2S. The summed E-state index contributed by atoms with van der Waals surface area (Å²) in [7, 11) is 0. The number of nitrogens with zero attached hydrogens (tertiary/aromatic N) is 4. The molecule has 1 aromatic carbocycles. The van der Waals surface area contributed by atoms with E-state index in [4.69, 9.17) is 0 Å². The third-order valence-corrected chi connectivity index (χ3v) is 4.72. The number of carbonyl (C=O) groups is 2. The van der Waals surface area contributed by atoms with Crippen LogP contribution in [0.15, 0.2) is 41.8 Å². The van der Waals surface area contributed by atoms with E-state index >= 15 is 0 Å². The van der Waals surface area contributed by atoms with Crippen molar-refractivity contribution in [2.75, 3.05) is 25.4 Å². The van der Waals surface area contributed by atoms with Crippen molar-refractivity contribution in [3.05, 3.63) is 36.7 Å². The van der Waals surface area contributed by atoms with Crippen LogP contribution in [-0.2, 0) is 9.59 Å². The van der Waals surface area contributed by atoms with Crippen molar-refractivity contribution < 1.29 is 9.59 Å². The van der Waals surface area contributed by atoms with Crippen LogP contribution in [0.5, 0.6) is 0 Å². The summed E-state index contributed by atoms with van der Waals surface area (Å²) >= 11 is 1.29. The zero-order chi connectivity index (χ0) is 16.8. The molecule has 0 spiro atoms. The van der Waals surface area contributed by atoms with E-state index in [9.17, 15) is 9.59 Å². The summed E-state index contributed by atoms with van der Waals surface area (Å²) in [6.07, 6.45) is 3.71. The maximum atomic E-state index is 11.9. The minimum absolute atomic E-state index is 0.0155. The Labute approximate surface area is 144 Å². The Bertz CT molecular complexity index is 698. The number of aromatic nitrogens is 3. The molecule has 1 fully saturated rings. The molecule has 24 heavy (non-hydrogen) atoms. The first kappa shape index (κ1) is 16.5. The van der Waals surface area contributed by atoms with Gasteiger partial charge in [-0.1, -0.05) is 30.0 Å². The first-order valence-electron chi connectivity index (χ1n) is 7.87. The second-order valence-electron chi connectivity index (χ2n) is 5.47. The van der Waals surface area contributed by atoms with Crippen molar-refractivity contribution in [3.63, 3.8) is 0 Å². The molecule has 7 nitrogen and oxygen atoms in total. The van der Waals surface area contributed by atoms with Gasteiger partial charge in [0, 0.05) is 18.8 Å². The summed E-state index contributed by atoms with van der Waals surface area (Å²) in [6.45, 7) is 1.65. The first-order chi connectivity index (χ1) is 11.7. The highest BCUT2D eigenvalue weighted by atomic mass is 32.2. The first-order valence-corrected chi connectivity index (χ1v) is 8.85. The molecular weight excluding hydrogens is 326 g/mol. The molecule has 1 aliphatic rings. The molecule has 2 aromatic rings. The summed E-state index contributed by atoms with van der Waals surface area (Å²) in [5.41, 5.74) is 0.939. The van der Waals surface area contributed by atoms with Gasteiger partial charge in [0.05, 0.1) is 12.3 Å². The van der Waals surface area contributed by atoms with Crippen LogP contribution in [0.2, 0.25) is 0 Å². The van der Waals surface area contributed by atoms with Crippen molar-refractivity contribution in [1.29, 1.82) is 0 Å². The molecule has 1 N–H and O–H groups in total. The van der Waals surface area contributed by atoms with E-state index in [-0.39, 0.29) is 24.1 Å². The van der Waals surface area contributed by atoms with Crippen molar-refractivity contribution in [2.45, 2.75) is 18.0 Å². The van der Waals surface area contributed by atoms with E-state index in [1.165, 1.54) is 11.8 Å². The van der Waals surface area contributed by atoms with Gasteiger partial charge in [0.1, 0.15) is 6.33 Å². The third kappa shape index (κ3) is 4.14. The molecule has 1 aliphatic heterocycles. The van der Waals surface area contributed by atoms with Crippen molar-refractivity contribution in [3.8, 4) is 5.69 Å². The topological polar surface area (TPSA) is 80.1 Å². The molecule has 1 saturated heterocycles. The largest absolute Gasteiger partial charge is 0.346 e. The monoisotopic (exact) mass is 345 g/mol. The van der Waals surface area contributed by atoms with Gasteiger partial charge in [-0.3, -0.25) is 14.2 Å². The zero-order valence-corrected chi connectivity index (χ0v) is 14.0. The Hall–Kier alpha value is -2.35. The molecule has 0 aliphatic carbocycles. The number of likely N-dealkylation sites (tertiary alicyclic amines) is 1. The molecule has 0 bridgehead atoms. The van der Waals surface area contributed by atoms with Crippen LogP contribution in [-0.4, -0.2) is 56.9 Å². The number of benzene rings is 1. The molecule has 8 heteroatoms. The van der Waals surface area contributed by atoms with Gasteiger partial charge >= 0.3 is 0 Å². The quantitative estimate of drug-likeness (QED) is 0.793. The molecule has 3 rings (SSSR count). The molecule has 0 saturated carbocycles. The predicted molar refractivity (Wildman–Crippen MR) is 90.9 cm³/mol. The van der Waals surface area contributed by atoms with Crippen molar-refractivity contribution in [2.24, 2.45) is 0 Å². The van der Waals surface area contributed by atoms with E-state index in [1.54, 1.807) is 11.2 Å². The van der Waals surface area contributed by atoms with Gasteiger partial charge in [0.15, 0.2) is 5.16 Å². The van der Waals surface area contributed by atoms with Gasteiger partial charge in [0.2, 0.25) is 11.8 Å². The average molecular weight is 345 g/mol. The summed E-state index contributed by atoms with van der Waals surface area (Å²) in [4.78, 5) is 25.6. The molecule has 2 heterocycles. The fraction of sp³-hybridized carbons (Fsp3) is 0.375. The van der Waals surface area contributed by atoms with Crippen LogP contribution < -0.4 is 5.32 Å². The molecule has 126 valence electrons. The minimum Gasteiger partial charge on any atom is -0.346 e. The number of thioether (sulfide) groups is 1. The lowest BCUT2D eigenvalue weighted by Crippen LogP contribution is -2.39. The molecule has 0 unspecified atom stereocenters. The van der Waals surface area contributed by atoms with Gasteiger partial charge in [0.25, 0.3) is 0 Å². The van der Waals surface area contributed by atoms with Gasteiger partial charge < -0.3 is 10.2 Å². The maximum Gasteiger partial charge on any atom is 0.241 e. The van der Waals surface area contributed by atoms with Crippen molar-refractivity contribution in [1.82, 2.24) is 25.0 Å². The Balaban J connectivity index is 1.48. The lowest BCUT2D eigenvalue weighted by Gasteiger charge is -2.15. The fourth-order valence-electron chi connectivity index (χ4n) is 2.52. The smallest absolute Gasteiger partial charge is 0.241 e. The predicted octanol–water partition coefficient (Wildman–Crippen LogP) is 1.10. The average Bonchev–Trinajstić information content (AvgIpc) is 3.30. The number of nitrogens with one attached hydrogen (secondary N) is 1. The van der Waals surface area contributed by atoms with E-state index in [1.807, 2.05) is 34.9 Å². The van der Waals surface area contributed by atoms with Crippen LogP contribution in [0.25, 0.3) is 5.69 Å². The minimum atomic E-state index is -0.185. The van der Waals surface area contributed by atoms with Gasteiger partial charge in [-0.05, 0) is 25.0 Å². The summed E-state index contributed by atoms with van der Waals surface area (Å²) < 4.78 is 1.83. The van der Waals surface area contributed by atoms with E-state index in [0.717, 1.165) is 31.6 Å². The molecule has 0 atom stereocenters. The van der Waals surface area contributed by atoms with E-state index in [2.05, 4.69) is 15.5 Å². The molecule has 1 aromatic heterocycles. The van der Waals surface area contributed by atoms with Crippen LogP contribution in [0, 0.1) is 0 Å². The van der Waals surface area contributed by atoms with Crippen molar-refractivity contribution >= 4 is 23.6 Å². The highest BCUT2D eigenvalue weighted by Crippen LogP contribution is 2.18. The number of carbonyl (C=O) groups excluding carboxylic acids is 2. The van der Waals surface area contributed by atoms with Gasteiger partial charge in [-0.25, -0.2) is 0 Å². The van der Waals surface area contributed by atoms with Gasteiger partial charge in [-0.15, -0.1) is 10.2 Å². The Kier molecular flexibility index (Phi) is 5.47. The second kappa shape index (κ2) is 7.96. The van der Waals surface area contributed by atoms with Gasteiger partial charge in [-0.2, -0.15) is 0 Å². The maximum absolute atomic E-state index is 11.9. The Morgan fingerprint density at radius 1 is 1.17 bits per heavy atom. The van der Waals surface area contributed by atoms with Crippen LogP contribution in [0.4, 0.5) is 0 Å². The number of hydrogen-bond acceptors (Lipinski definition) is 5. The second-order valence-corrected chi connectivity index (χ2v) is 6.41. The summed E-state index contributed by atoms with van der Waals surface area (Å²) in [5, 5.41) is 11.3. The molecule has 2 amide bonds. The summed E-state index contributed by atoms with van der Waals surface area (Å²) in [5.74, 6) is -0.00724. The zero-order valence-electron chi connectivity index (χ0n) is 13.2. The number of para-hydroxylation sites is 1. The van der Waals surface area contributed by atoms with Crippen LogP contribution in [0.3, 0.4) is 0 Å². The third-order valence-electron chi connectivity index (χ3n) is 3.78. The number of amides is 2. The number of hydrogen-bond donors (Lipinski definition) is 1. The lowest BCUT2D eigenvalue weighted by molar-refractivity contribution is -0.131. The lowest BCUT2D eigenvalue weighted by atomic mass is 10.3. The highest BCUT2D eigenvalue weighted by Gasteiger charge is 2.18. The Morgan fingerprint density at radius 2 is 1.92 bits per heavy atom. The standard InChI is InChI=1S/C16H19N5O2S/c22-14(17-10-15(23)20-8-4-5-9-20)11-24-16-19-18-12-21(16)13-6-2-1-3-7-13/h1-3,6-7,12H,4-5,8-11H2,(H,17,22). The molecule has 0 radical (unpaired) electrons.